The van der Waals surface area contributed by atoms with E-state index in [4.69, 9.17) is 19.4 Å². The van der Waals surface area contributed by atoms with Gasteiger partial charge >= 0.3 is 0 Å². The summed E-state index contributed by atoms with van der Waals surface area (Å²) in [5, 5.41) is 7.21. The Labute approximate surface area is 290 Å². The molecule has 0 atom stereocenters. The highest BCUT2D eigenvalue weighted by molar-refractivity contribution is 6.34. The molecule has 0 spiro atoms. The summed E-state index contributed by atoms with van der Waals surface area (Å²) >= 11 is 0. The summed E-state index contributed by atoms with van der Waals surface area (Å²) in [5.74, 6) is 1.93. The molecule has 0 aliphatic carbocycles. The fraction of sp³-hybridized carbons (Fsp3) is 0. The average Bonchev–Trinajstić information content (AvgIpc) is 3.71. The molecule has 0 saturated heterocycles. The van der Waals surface area contributed by atoms with Gasteiger partial charge in [0.1, 0.15) is 11.2 Å². The Bertz CT molecular complexity index is 3120. The van der Waals surface area contributed by atoms with Gasteiger partial charge in [-0.2, -0.15) is 0 Å². The molecule has 4 aromatic heterocycles. The Hall–Kier alpha value is -7.05. The SMILES string of the molecule is c1ccc(-c2nc(-c3ccccc3)nc(-c3ccc(N4c5cccc6c7cccc8oc9ccc%10c%11cccc4c%11n(c56)c%10c9c87)cc3)n2)cc1. The summed E-state index contributed by atoms with van der Waals surface area (Å²) in [5.41, 5.74) is 11.6. The fourth-order valence-corrected chi connectivity index (χ4v) is 8.33. The molecule has 0 unspecified atom stereocenters. The molecule has 0 amide bonds. The predicted octanol–water partition coefficient (Wildman–Crippen LogP) is 11.7. The number of hydrogen-bond acceptors (Lipinski definition) is 5. The summed E-state index contributed by atoms with van der Waals surface area (Å²) in [6.07, 6.45) is 0. The molecule has 5 heterocycles. The van der Waals surface area contributed by atoms with Crippen molar-refractivity contribution >= 4 is 77.1 Å². The summed E-state index contributed by atoms with van der Waals surface area (Å²) in [6.45, 7) is 0. The minimum atomic E-state index is 0.635. The number of nitrogens with zero attached hydrogens (tertiary/aromatic N) is 5. The first-order chi connectivity index (χ1) is 25.3. The summed E-state index contributed by atoms with van der Waals surface area (Å²) in [4.78, 5) is 17.2. The quantitative estimate of drug-likeness (QED) is 0.189. The third kappa shape index (κ3) is 3.57. The Morgan fingerprint density at radius 1 is 0.373 bits per heavy atom. The molecule has 0 bridgehead atoms. The van der Waals surface area contributed by atoms with Gasteiger partial charge in [-0.3, -0.25) is 0 Å². The van der Waals surface area contributed by atoms with Crippen LogP contribution < -0.4 is 4.90 Å². The molecule has 11 aromatic rings. The molecule has 0 radical (unpaired) electrons. The Kier molecular flexibility index (Phi) is 5.14. The van der Waals surface area contributed by atoms with Crippen molar-refractivity contribution in [2.24, 2.45) is 0 Å². The second kappa shape index (κ2) is 9.77. The number of hydrogen-bond donors (Lipinski definition) is 0. The van der Waals surface area contributed by atoms with Crippen molar-refractivity contribution < 1.29 is 4.42 Å². The van der Waals surface area contributed by atoms with Gasteiger partial charge in [-0.1, -0.05) is 97.1 Å². The first kappa shape index (κ1) is 26.9. The number of para-hydroxylation sites is 2. The van der Waals surface area contributed by atoms with Crippen molar-refractivity contribution in [2.75, 3.05) is 4.90 Å². The van der Waals surface area contributed by atoms with E-state index in [2.05, 4.69) is 100 Å². The molecular formula is C45H25N5O. The van der Waals surface area contributed by atoms with Crippen LogP contribution in [0.4, 0.5) is 17.1 Å². The van der Waals surface area contributed by atoms with Gasteiger partial charge in [0.2, 0.25) is 0 Å². The van der Waals surface area contributed by atoms with Crippen LogP contribution in [0.5, 0.6) is 0 Å². The Balaban J connectivity index is 1.09. The number of aromatic nitrogens is 4. The first-order valence-electron chi connectivity index (χ1n) is 17.1. The molecule has 1 aliphatic rings. The number of anilines is 3. The van der Waals surface area contributed by atoms with E-state index < -0.39 is 0 Å². The Morgan fingerprint density at radius 3 is 1.51 bits per heavy atom. The summed E-state index contributed by atoms with van der Waals surface area (Å²) in [7, 11) is 0. The lowest BCUT2D eigenvalue weighted by molar-refractivity contribution is 0.669. The number of rotatable bonds is 4. The minimum Gasteiger partial charge on any atom is -0.456 e. The smallest absolute Gasteiger partial charge is 0.164 e. The summed E-state index contributed by atoms with van der Waals surface area (Å²) < 4.78 is 8.95. The van der Waals surface area contributed by atoms with Crippen LogP contribution >= 0.6 is 0 Å². The molecule has 6 nitrogen and oxygen atoms in total. The van der Waals surface area contributed by atoms with Crippen LogP contribution in [0.15, 0.2) is 156 Å². The molecule has 1 aliphatic heterocycles. The average molecular weight is 652 g/mol. The van der Waals surface area contributed by atoms with Crippen molar-refractivity contribution in [2.45, 2.75) is 0 Å². The van der Waals surface area contributed by atoms with E-state index in [0.717, 1.165) is 44.9 Å². The number of furan rings is 1. The maximum atomic E-state index is 6.45. The predicted molar refractivity (Wildman–Crippen MR) is 206 cm³/mol. The van der Waals surface area contributed by atoms with Crippen LogP contribution in [0, 0.1) is 0 Å². The zero-order chi connectivity index (χ0) is 33.2. The normalized spacial score (nSPS) is 12.7. The monoisotopic (exact) mass is 651 g/mol. The van der Waals surface area contributed by atoms with E-state index in [1.807, 2.05) is 60.7 Å². The van der Waals surface area contributed by atoms with Gasteiger partial charge in [0.15, 0.2) is 17.5 Å². The van der Waals surface area contributed by atoms with Crippen LogP contribution in [-0.2, 0) is 0 Å². The van der Waals surface area contributed by atoms with Crippen LogP contribution in [0.25, 0.3) is 94.2 Å². The van der Waals surface area contributed by atoms with Crippen LogP contribution in [0.3, 0.4) is 0 Å². The molecule has 236 valence electrons. The molecule has 6 heteroatoms. The maximum Gasteiger partial charge on any atom is 0.164 e. The van der Waals surface area contributed by atoms with E-state index in [1.54, 1.807) is 0 Å². The molecule has 0 fully saturated rings. The molecule has 0 saturated carbocycles. The van der Waals surface area contributed by atoms with Crippen molar-refractivity contribution in [1.82, 2.24) is 19.4 Å². The van der Waals surface area contributed by atoms with E-state index in [0.29, 0.717) is 17.5 Å². The lowest BCUT2D eigenvalue weighted by atomic mass is 10.0. The minimum absolute atomic E-state index is 0.635. The van der Waals surface area contributed by atoms with Gasteiger partial charge in [-0.15, -0.1) is 0 Å². The zero-order valence-electron chi connectivity index (χ0n) is 27.1. The molecule has 12 rings (SSSR count). The van der Waals surface area contributed by atoms with Crippen molar-refractivity contribution in [1.29, 1.82) is 0 Å². The molecule has 0 N–H and O–H groups in total. The Morgan fingerprint density at radius 2 is 0.882 bits per heavy atom. The van der Waals surface area contributed by atoms with E-state index >= 15 is 0 Å². The lowest BCUT2D eigenvalue weighted by Crippen LogP contribution is -2.15. The van der Waals surface area contributed by atoms with Gasteiger partial charge in [0.25, 0.3) is 0 Å². The standard InChI is InChI=1S/C45H25N5O/c1-3-10-26(11-4-1)43-46-44(27-12-5-2-6-13-27)48-45(47-43)28-20-22-29(23-21-28)49-34-17-7-15-31-30-14-9-19-36-38(30)39-37(51-36)25-24-33-32-16-8-18-35(49)41(32)50(40(31)34)42(33)39/h1-25H. The van der Waals surface area contributed by atoms with E-state index in [-0.39, 0.29) is 0 Å². The van der Waals surface area contributed by atoms with Gasteiger partial charge in [0.05, 0.1) is 33.3 Å². The lowest BCUT2D eigenvalue weighted by Gasteiger charge is -2.31. The zero-order valence-corrected chi connectivity index (χ0v) is 27.1. The highest BCUT2D eigenvalue weighted by Gasteiger charge is 2.30. The maximum absolute atomic E-state index is 6.45. The highest BCUT2D eigenvalue weighted by atomic mass is 16.3. The van der Waals surface area contributed by atoms with Crippen molar-refractivity contribution in [3.8, 4) is 34.2 Å². The number of fused-ring (bicyclic) bond motifs is 2. The highest BCUT2D eigenvalue weighted by Crippen LogP contribution is 2.52. The second-order valence-corrected chi connectivity index (χ2v) is 13.2. The fourth-order valence-electron chi connectivity index (χ4n) is 8.33. The van der Waals surface area contributed by atoms with Crippen LogP contribution in [-0.4, -0.2) is 19.4 Å². The van der Waals surface area contributed by atoms with Crippen LogP contribution in [0.2, 0.25) is 0 Å². The van der Waals surface area contributed by atoms with Crippen molar-refractivity contribution in [3.05, 3.63) is 152 Å². The molecule has 7 aromatic carbocycles. The van der Waals surface area contributed by atoms with E-state index in [9.17, 15) is 0 Å². The van der Waals surface area contributed by atoms with Gasteiger partial charge < -0.3 is 13.7 Å². The van der Waals surface area contributed by atoms with Crippen LogP contribution in [0.1, 0.15) is 0 Å². The van der Waals surface area contributed by atoms with Gasteiger partial charge in [-0.25, -0.2) is 15.0 Å². The van der Waals surface area contributed by atoms with Gasteiger partial charge in [-0.05, 0) is 60.0 Å². The van der Waals surface area contributed by atoms with Crippen molar-refractivity contribution in [3.63, 3.8) is 0 Å². The van der Waals surface area contributed by atoms with E-state index in [1.165, 1.54) is 48.9 Å². The third-order valence-electron chi connectivity index (χ3n) is 10.5. The number of benzene rings is 7. The largest absolute Gasteiger partial charge is 0.456 e. The third-order valence-corrected chi connectivity index (χ3v) is 10.5. The second-order valence-electron chi connectivity index (χ2n) is 13.2. The molecule has 51 heavy (non-hydrogen) atoms. The molecular weight excluding hydrogens is 627 g/mol. The van der Waals surface area contributed by atoms with Gasteiger partial charge in [0, 0.05) is 43.9 Å². The summed E-state index contributed by atoms with van der Waals surface area (Å²) in [6, 6.07) is 52.9. The first-order valence-corrected chi connectivity index (χ1v) is 17.1. The topological polar surface area (TPSA) is 59.5 Å².